The van der Waals surface area contributed by atoms with Crippen LogP contribution in [-0.4, -0.2) is 32.9 Å². The summed E-state index contributed by atoms with van der Waals surface area (Å²) in [4.78, 5) is 16.7. The molecule has 1 heterocycles. The summed E-state index contributed by atoms with van der Waals surface area (Å²) in [6.07, 6.45) is 3.39. The standard InChI is InChI=1S/C13H20N2O2S/c1-12(2,13(3,4)17)15-11(16)9-18-10-5-7-14-8-6-10/h5-8,17H,9H2,1-4H3,(H,15,16). The number of carbonyl (C=O) groups excluding carboxylic acids is 1. The SMILES string of the molecule is CC(C)(O)C(C)(C)NC(=O)CSc1ccncc1. The van der Waals surface area contributed by atoms with Crippen molar-refractivity contribution in [3.05, 3.63) is 24.5 Å². The number of hydrogen-bond donors (Lipinski definition) is 2. The van der Waals surface area contributed by atoms with Gasteiger partial charge >= 0.3 is 0 Å². The molecule has 1 aromatic heterocycles. The summed E-state index contributed by atoms with van der Waals surface area (Å²) in [7, 11) is 0. The molecule has 0 aromatic carbocycles. The minimum Gasteiger partial charge on any atom is -0.388 e. The van der Waals surface area contributed by atoms with Gasteiger partial charge in [-0.1, -0.05) is 0 Å². The molecule has 0 saturated carbocycles. The summed E-state index contributed by atoms with van der Waals surface area (Å²) in [5, 5.41) is 12.8. The van der Waals surface area contributed by atoms with Crippen molar-refractivity contribution < 1.29 is 9.90 Å². The zero-order valence-corrected chi connectivity index (χ0v) is 12.0. The molecule has 0 aliphatic rings. The zero-order valence-electron chi connectivity index (χ0n) is 11.2. The monoisotopic (exact) mass is 268 g/mol. The van der Waals surface area contributed by atoms with Gasteiger partial charge in [-0.3, -0.25) is 9.78 Å². The Kier molecular flexibility index (Phi) is 4.76. The number of carbonyl (C=O) groups is 1. The van der Waals surface area contributed by atoms with Crippen molar-refractivity contribution in [2.75, 3.05) is 5.75 Å². The molecule has 4 nitrogen and oxygen atoms in total. The van der Waals surface area contributed by atoms with Crippen molar-refractivity contribution in [2.24, 2.45) is 0 Å². The van der Waals surface area contributed by atoms with Crippen LogP contribution in [0.15, 0.2) is 29.4 Å². The van der Waals surface area contributed by atoms with Crippen LogP contribution in [0.25, 0.3) is 0 Å². The van der Waals surface area contributed by atoms with Crippen molar-refractivity contribution >= 4 is 17.7 Å². The van der Waals surface area contributed by atoms with E-state index in [-0.39, 0.29) is 5.91 Å². The highest BCUT2D eigenvalue weighted by Gasteiger charge is 2.36. The third-order valence-corrected chi connectivity index (χ3v) is 4.01. The van der Waals surface area contributed by atoms with E-state index in [9.17, 15) is 9.90 Å². The van der Waals surface area contributed by atoms with Crippen LogP contribution in [0.4, 0.5) is 0 Å². The number of nitrogens with zero attached hydrogens (tertiary/aromatic N) is 1. The molecular weight excluding hydrogens is 248 g/mol. The molecular formula is C13H20N2O2S. The van der Waals surface area contributed by atoms with Crippen LogP contribution in [0.3, 0.4) is 0 Å². The van der Waals surface area contributed by atoms with Gasteiger partial charge in [-0.15, -0.1) is 11.8 Å². The fraction of sp³-hybridized carbons (Fsp3) is 0.538. The Bertz CT molecular complexity index is 399. The normalized spacial score (nSPS) is 12.3. The van der Waals surface area contributed by atoms with Crippen LogP contribution >= 0.6 is 11.8 Å². The maximum atomic E-state index is 11.8. The lowest BCUT2D eigenvalue weighted by Gasteiger charge is -2.37. The van der Waals surface area contributed by atoms with Gasteiger partial charge in [-0.25, -0.2) is 0 Å². The highest BCUT2D eigenvalue weighted by molar-refractivity contribution is 8.00. The van der Waals surface area contributed by atoms with E-state index in [0.717, 1.165) is 4.90 Å². The fourth-order valence-corrected chi connectivity index (χ4v) is 1.81. The first-order valence-electron chi connectivity index (χ1n) is 5.78. The average molecular weight is 268 g/mol. The number of rotatable bonds is 5. The number of aromatic nitrogens is 1. The van der Waals surface area contributed by atoms with E-state index in [2.05, 4.69) is 10.3 Å². The quantitative estimate of drug-likeness (QED) is 0.800. The molecule has 0 unspecified atom stereocenters. The van der Waals surface area contributed by atoms with Crippen molar-refractivity contribution in [2.45, 2.75) is 43.7 Å². The Morgan fingerprint density at radius 1 is 1.33 bits per heavy atom. The predicted molar refractivity (Wildman–Crippen MR) is 73.5 cm³/mol. The fourth-order valence-electron chi connectivity index (χ4n) is 1.12. The van der Waals surface area contributed by atoms with Crippen molar-refractivity contribution in [3.63, 3.8) is 0 Å². The molecule has 2 N–H and O–H groups in total. The van der Waals surface area contributed by atoms with Crippen molar-refractivity contribution in [3.8, 4) is 0 Å². The lowest BCUT2D eigenvalue weighted by molar-refractivity contribution is -0.123. The van der Waals surface area contributed by atoms with E-state index >= 15 is 0 Å². The van der Waals surface area contributed by atoms with Gasteiger partial charge in [0.1, 0.15) is 0 Å². The van der Waals surface area contributed by atoms with Crippen molar-refractivity contribution in [1.82, 2.24) is 10.3 Å². The van der Waals surface area contributed by atoms with Gasteiger partial charge < -0.3 is 10.4 Å². The molecule has 18 heavy (non-hydrogen) atoms. The predicted octanol–water partition coefficient (Wildman–Crippen LogP) is 1.84. The third kappa shape index (κ3) is 4.31. The lowest BCUT2D eigenvalue weighted by atomic mass is 9.86. The van der Waals surface area contributed by atoms with Gasteiger partial charge in [0.05, 0.1) is 16.9 Å². The van der Waals surface area contributed by atoms with Crippen LogP contribution in [0, 0.1) is 0 Å². The summed E-state index contributed by atoms with van der Waals surface area (Å²) < 4.78 is 0. The molecule has 0 fully saturated rings. The number of amides is 1. The van der Waals surface area contributed by atoms with E-state index in [0.29, 0.717) is 5.75 Å². The minimum absolute atomic E-state index is 0.0936. The number of thioether (sulfide) groups is 1. The first kappa shape index (κ1) is 15.0. The second-order valence-electron chi connectivity index (χ2n) is 5.20. The van der Waals surface area contributed by atoms with Gasteiger partial charge in [0.15, 0.2) is 0 Å². The van der Waals surface area contributed by atoms with Crippen LogP contribution in [0.1, 0.15) is 27.7 Å². The smallest absolute Gasteiger partial charge is 0.230 e. The van der Waals surface area contributed by atoms with E-state index in [1.165, 1.54) is 11.8 Å². The summed E-state index contributed by atoms with van der Waals surface area (Å²) in [5.41, 5.74) is -1.63. The number of aliphatic hydroxyl groups is 1. The van der Waals surface area contributed by atoms with Crippen molar-refractivity contribution in [1.29, 1.82) is 0 Å². The van der Waals surface area contributed by atoms with Crippen LogP contribution < -0.4 is 5.32 Å². The second kappa shape index (κ2) is 5.71. The Morgan fingerprint density at radius 2 is 1.89 bits per heavy atom. The molecule has 0 aliphatic carbocycles. The number of pyridine rings is 1. The first-order valence-corrected chi connectivity index (χ1v) is 6.77. The molecule has 0 aliphatic heterocycles. The maximum Gasteiger partial charge on any atom is 0.230 e. The molecule has 1 rings (SSSR count). The molecule has 0 atom stereocenters. The van der Waals surface area contributed by atoms with Gasteiger partial charge in [-0.05, 0) is 39.8 Å². The molecule has 0 saturated heterocycles. The molecule has 1 amide bonds. The molecule has 100 valence electrons. The zero-order chi connectivity index (χ0) is 13.8. The van der Waals surface area contributed by atoms with Gasteiger partial charge in [-0.2, -0.15) is 0 Å². The van der Waals surface area contributed by atoms with E-state index in [1.54, 1.807) is 26.2 Å². The van der Waals surface area contributed by atoms with E-state index in [1.807, 2.05) is 26.0 Å². The van der Waals surface area contributed by atoms with Gasteiger partial charge in [0.25, 0.3) is 0 Å². The summed E-state index contributed by atoms with van der Waals surface area (Å²) in [5.74, 6) is 0.229. The minimum atomic E-state index is -0.968. The Balaban J connectivity index is 2.48. The topological polar surface area (TPSA) is 62.2 Å². The highest BCUT2D eigenvalue weighted by atomic mass is 32.2. The summed E-state index contributed by atoms with van der Waals surface area (Å²) in [6, 6.07) is 3.72. The molecule has 1 aromatic rings. The third-order valence-electron chi connectivity index (χ3n) is 3.00. The Hall–Kier alpha value is -1.07. The average Bonchev–Trinajstić information content (AvgIpc) is 2.26. The largest absolute Gasteiger partial charge is 0.388 e. The Labute approximate surface area is 112 Å². The summed E-state index contributed by atoms with van der Waals surface area (Å²) >= 11 is 1.45. The van der Waals surface area contributed by atoms with Gasteiger partial charge in [0, 0.05) is 17.3 Å². The van der Waals surface area contributed by atoms with Gasteiger partial charge in [0.2, 0.25) is 5.91 Å². The van der Waals surface area contributed by atoms with Crippen LogP contribution in [0.5, 0.6) is 0 Å². The van der Waals surface area contributed by atoms with E-state index < -0.39 is 11.1 Å². The Morgan fingerprint density at radius 3 is 2.39 bits per heavy atom. The second-order valence-corrected chi connectivity index (χ2v) is 6.25. The first-order chi connectivity index (χ1) is 8.22. The molecule has 0 bridgehead atoms. The highest BCUT2D eigenvalue weighted by Crippen LogP contribution is 2.21. The lowest BCUT2D eigenvalue weighted by Crippen LogP contribution is -2.58. The number of nitrogens with one attached hydrogen (secondary N) is 1. The number of hydrogen-bond acceptors (Lipinski definition) is 4. The van der Waals surface area contributed by atoms with E-state index in [4.69, 9.17) is 0 Å². The molecule has 0 radical (unpaired) electrons. The maximum absolute atomic E-state index is 11.8. The summed E-state index contributed by atoms with van der Waals surface area (Å²) in [6.45, 7) is 6.98. The molecule has 5 heteroatoms. The van der Waals surface area contributed by atoms with Crippen LogP contribution in [-0.2, 0) is 4.79 Å². The van der Waals surface area contributed by atoms with Crippen LogP contribution in [0.2, 0.25) is 0 Å². The molecule has 0 spiro atoms.